The van der Waals surface area contributed by atoms with Gasteiger partial charge in [0.15, 0.2) is 0 Å². The molecular weight excluding hydrogens is 256 g/mol. The summed E-state index contributed by atoms with van der Waals surface area (Å²) in [7, 11) is 2.26. The lowest BCUT2D eigenvalue weighted by Gasteiger charge is -2.31. The molecule has 0 heterocycles. The van der Waals surface area contributed by atoms with Crippen LogP contribution < -0.4 is 5.32 Å². The van der Waals surface area contributed by atoms with E-state index in [1.807, 2.05) is 0 Å². The Morgan fingerprint density at radius 1 is 1.00 bits per heavy atom. The maximum Gasteiger partial charge on any atom is 0.0449 e. The number of nitrogens with zero attached hydrogens (tertiary/aromatic N) is 1. The van der Waals surface area contributed by atoms with E-state index in [9.17, 15) is 0 Å². The van der Waals surface area contributed by atoms with Gasteiger partial charge in [-0.2, -0.15) is 0 Å². The quantitative estimate of drug-likeness (QED) is 0.686. The van der Waals surface area contributed by atoms with E-state index in [4.69, 9.17) is 0 Å². The normalized spacial score (nSPS) is 13.1. The Labute approximate surface area is 131 Å². The Hall–Kier alpha value is -0.860. The first-order chi connectivity index (χ1) is 10.2. The van der Waals surface area contributed by atoms with Crippen LogP contribution in [0.1, 0.15) is 64.1 Å². The fraction of sp³-hybridized carbons (Fsp3) is 0.684. The smallest absolute Gasteiger partial charge is 0.0449 e. The van der Waals surface area contributed by atoms with Gasteiger partial charge in [0, 0.05) is 18.6 Å². The third kappa shape index (κ3) is 5.80. The predicted octanol–water partition coefficient (Wildman–Crippen LogP) is 4.41. The van der Waals surface area contributed by atoms with Crippen LogP contribution in [0.4, 0.5) is 0 Å². The van der Waals surface area contributed by atoms with Gasteiger partial charge in [-0.1, -0.05) is 52.0 Å². The summed E-state index contributed by atoms with van der Waals surface area (Å²) >= 11 is 0. The number of likely N-dealkylation sites (N-methyl/N-ethyl adjacent to an activating group) is 1. The highest BCUT2D eigenvalue weighted by atomic mass is 15.2. The monoisotopic (exact) mass is 290 g/mol. The van der Waals surface area contributed by atoms with E-state index < -0.39 is 0 Å². The van der Waals surface area contributed by atoms with Gasteiger partial charge in [-0.15, -0.1) is 0 Å². The fourth-order valence-electron chi connectivity index (χ4n) is 2.94. The van der Waals surface area contributed by atoms with Crippen molar-refractivity contribution in [3.8, 4) is 0 Å². The van der Waals surface area contributed by atoms with Crippen LogP contribution in [0.25, 0.3) is 0 Å². The molecule has 1 atom stereocenters. The molecule has 0 aliphatic rings. The molecule has 0 aliphatic heterocycles. The average molecular weight is 290 g/mol. The molecule has 0 fully saturated rings. The summed E-state index contributed by atoms with van der Waals surface area (Å²) in [5.74, 6) is 0. The second kappa shape index (κ2) is 9.97. The molecule has 120 valence electrons. The van der Waals surface area contributed by atoms with Crippen LogP contribution in [0.3, 0.4) is 0 Å². The Kier molecular flexibility index (Phi) is 8.63. The van der Waals surface area contributed by atoms with E-state index >= 15 is 0 Å². The van der Waals surface area contributed by atoms with Crippen LogP contribution in [0.5, 0.6) is 0 Å². The van der Waals surface area contributed by atoms with Crippen molar-refractivity contribution in [1.29, 1.82) is 0 Å². The third-order valence-electron chi connectivity index (χ3n) is 4.47. The third-order valence-corrected chi connectivity index (χ3v) is 4.47. The topological polar surface area (TPSA) is 15.3 Å². The van der Waals surface area contributed by atoms with Gasteiger partial charge < -0.3 is 10.2 Å². The second-order valence-corrected chi connectivity index (χ2v) is 6.01. The maximum atomic E-state index is 3.72. The highest BCUT2D eigenvalue weighted by Crippen LogP contribution is 2.18. The zero-order valence-corrected chi connectivity index (χ0v) is 14.7. The minimum atomic E-state index is 0.432. The van der Waals surface area contributed by atoms with Gasteiger partial charge in [0.1, 0.15) is 0 Å². The van der Waals surface area contributed by atoms with Crippen molar-refractivity contribution < 1.29 is 0 Å². The van der Waals surface area contributed by atoms with Crippen molar-refractivity contribution in [2.75, 3.05) is 20.1 Å². The molecular formula is C19H34N2. The van der Waals surface area contributed by atoms with Crippen LogP contribution in [-0.4, -0.2) is 31.1 Å². The Bertz CT molecular complexity index is 368. The summed E-state index contributed by atoms with van der Waals surface area (Å²) < 4.78 is 0. The van der Waals surface area contributed by atoms with Crippen LogP contribution >= 0.6 is 0 Å². The molecule has 0 aromatic heterocycles. The van der Waals surface area contributed by atoms with Crippen molar-refractivity contribution >= 4 is 0 Å². The van der Waals surface area contributed by atoms with Crippen molar-refractivity contribution in [2.45, 2.75) is 65.5 Å². The lowest BCUT2D eigenvalue weighted by molar-refractivity contribution is 0.206. The Balaban J connectivity index is 2.78. The molecule has 2 nitrogen and oxygen atoms in total. The molecule has 0 spiro atoms. The molecule has 0 aliphatic carbocycles. The van der Waals surface area contributed by atoms with Crippen LogP contribution in [0.2, 0.25) is 0 Å². The summed E-state index contributed by atoms with van der Waals surface area (Å²) in [6.45, 7) is 11.2. The van der Waals surface area contributed by atoms with E-state index in [1.54, 1.807) is 0 Å². The first-order valence-corrected chi connectivity index (χ1v) is 8.68. The summed E-state index contributed by atoms with van der Waals surface area (Å²) in [4.78, 5) is 2.51. The van der Waals surface area contributed by atoms with Gasteiger partial charge >= 0.3 is 0 Å². The van der Waals surface area contributed by atoms with E-state index in [0.717, 1.165) is 19.5 Å². The van der Waals surface area contributed by atoms with Crippen LogP contribution in [0, 0.1) is 0 Å². The fourth-order valence-corrected chi connectivity index (χ4v) is 2.94. The molecule has 1 aromatic carbocycles. The molecule has 0 bridgehead atoms. The zero-order valence-electron chi connectivity index (χ0n) is 14.7. The summed E-state index contributed by atoms with van der Waals surface area (Å²) in [5.41, 5.74) is 2.83. The summed E-state index contributed by atoms with van der Waals surface area (Å²) in [5, 5.41) is 3.72. The van der Waals surface area contributed by atoms with E-state index in [2.05, 4.69) is 69.2 Å². The number of hydrogen-bond acceptors (Lipinski definition) is 2. The number of rotatable bonds is 10. The largest absolute Gasteiger partial charge is 0.309 e. The van der Waals surface area contributed by atoms with Gasteiger partial charge in [-0.05, 0) is 50.4 Å². The second-order valence-electron chi connectivity index (χ2n) is 6.01. The van der Waals surface area contributed by atoms with Gasteiger partial charge in [0.05, 0.1) is 0 Å². The highest BCUT2D eigenvalue weighted by Gasteiger charge is 2.17. The molecule has 1 aromatic rings. The Morgan fingerprint density at radius 2 is 1.62 bits per heavy atom. The van der Waals surface area contributed by atoms with Crippen molar-refractivity contribution in [3.05, 3.63) is 35.4 Å². The van der Waals surface area contributed by atoms with Crippen molar-refractivity contribution in [3.63, 3.8) is 0 Å². The predicted molar refractivity (Wildman–Crippen MR) is 93.9 cm³/mol. The van der Waals surface area contributed by atoms with Gasteiger partial charge in [0.2, 0.25) is 0 Å². The number of hydrogen-bond donors (Lipinski definition) is 1. The number of nitrogens with one attached hydrogen (secondary N) is 1. The van der Waals surface area contributed by atoms with Crippen LogP contribution in [-0.2, 0) is 6.42 Å². The van der Waals surface area contributed by atoms with E-state index in [1.165, 1.54) is 30.4 Å². The summed E-state index contributed by atoms with van der Waals surface area (Å²) in [6.07, 6.45) is 4.74. The highest BCUT2D eigenvalue weighted by molar-refractivity contribution is 5.25. The maximum absolute atomic E-state index is 3.72. The molecule has 21 heavy (non-hydrogen) atoms. The molecule has 1 unspecified atom stereocenters. The lowest BCUT2D eigenvalue weighted by atomic mass is 10.0. The standard InChI is InChI=1S/C19H34N2/c1-6-14-20-19(15-21(5)18(8-3)9-4)17-12-10-16(7-2)11-13-17/h10-13,18-20H,6-9,14-15H2,1-5H3. The van der Waals surface area contributed by atoms with Crippen LogP contribution in [0.15, 0.2) is 24.3 Å². The van der Waals surface area contributed by atoms with E-state index in [0.29, 0.717) is 12.1 Å². The molecule has 0 saturated carbocycles. The van der Waals surface area contributed by atoms with Gasteiger partial charge in [0.25, 0.3) is 0 Å². The molecule has 0 radical (unpaired) electrons. The van der Waals surface area contributed by atoms with Crippen molar-refractivity contribution in [2.24, 2.45) is 0 Å². The lowest BCUT2D eigenvalue weighted by Crippen LogP contribution is -2.38. The number of aryl methyl sites for hydroxylation is 1. The van der Waals surface area contributed by atoms with Gasteiger partial charge in [-0.25, -0.2) is 0 Å². The first-order valence-electron chi connectivity index (χ1n) is 8.68. The van der Waals surface area contributed by atoms with E-state index in [-0.39, 0.29) is 0 Å². The minimum Gasteiger partial charge on any atom is -0.309 e. The molecule has 2 heteroatoms. The number of benzene rings is 1. The SMILES string of the molecule is CCCNC(CN(C)C(CC)CC)c1ccc(CC)cc1. The summed E-state index contributed by atoms with van der Waals surface area (Å²) in [6, 6.07) is 10.3. The average Bonchev–Trinajstić information content (AvgIpc) is 2.52. The molecule has 1 rings (SSSR count). The molecule has 0 amide bonds. The zero-order chi connectivity index (χ0) is 15.7. The van der Waals surface area contributed by atoms with Gasteiger partial charge in [-0.3, -0.25) is 0 Å². The first kappa shape index (κ1) is 18.2. The minimum absolute atomic E-state index is 0.432. The van der Waals surface area contributed by atoms with Crippen molar-refractivity contribution in [1.82, 2.24) is 10.2 Å². The molecule has 1 N–H and O–H groups in total. The molecule has 0 saturated heterocycles. The Morgan fingerprint density at radius 3 is 2.10 bits per heavy atom.